The number of carboxylic acid groups (broad SMARTS) is 1. The van der Waals surface area contributed by atoms with Crippen LogP contribution < -0.4 is 15.0 Å². The molecular weight excluding hydrogens is 398 g/mol. The Morgan fingerprint density at radius 3 is 2.81 bits per heavy atom. The third-order valence-corrected chi connectivity index (χ3v) is 5.53. The standard InChI is InChI=1S/C23H21N3O5/c1-13-7-14(3-6-19(13)31-2)11-26-16-5-4-15(8-20(29)30)23(25-12-27)22(16)21-17(26)9-24-10-18(21)28/h3-7,9-10,12,21H,8,11H2,1-2H3,(H,25,27)(H,29,30). The summed E-state index contributed by atoms with van der Waals surface area (Å²) in [6.45, 7) is 2.43. The molecule has 31 heavy (non-hydrogen) atoms. The average molecular weight is 419 g/mol. The van der Waals surface area contributed by atoms with Gasteiger partial charge in [-0.25, -0.2) is 0 Å². The van der Waals surface area contributed by atoms with Crippen molar-refractivity contribution in [3.05, 3.63) is 64.5 Å². The summed E-state index contributed by atoms with van der Waals surface area (Å²) < 4.78 is 5.34. The molecule has 0 bridgehead atoms. The lowest BCUT2D eigenvalue weighted by atomic mass is 9.90. The number of amides is 1. The van der Waals surface area contributed by atoms with E-state index in [1.165, 1.54) is 6.21 Å². The van der Waals surface area contributed by atoms with Gasteiger partial charge < -0.3 is 20.1 Å². The number of carbonyl (C=O) groups is 3. The Labute approximate surface area is 178 Å². The van der Waals surface area contributed by atoms with Crippen LogP contribution in [0.5, 0.6) is 5.75 Å². The van der Waals surface area contributed by atoms with Gasteiger partial charge in [-0.15, -0.1) is 0 Å². The van der Waals surface area contributed by atoms with E-state index in [4.69, 9.17) is 4.74 Å². The molecule has 0 aliphatic carbocycles. The number of rotatable bonds is 7. The number of hydrogen-bond acceptors (Lipinski definition) is 6. The van der Waals surface area contributed by atoms with Gasteiger partial charge in [0.25, 0.3) is 0 Å². The lowest BCUT2D eigenvalue weighted by Crippen LogP contribution is -2.24. The van der Waals surface area contributed by atoms with Gasteiger partial charge in [-0.1, -0.05) is 18.2 Å². The fourth-order valence-electron chi connectivity index (χ4n) is 4.26. The monoisotopic (exact) mass is 419 g/mol. The zero-order valence-corrected chi connectivity index (χ0v) is 17.1. The molecule has 1 unspecified atom stereocenters. The molecule has 0 radical (unpaired) electrons. The predicted molar refractivity (Wildman–Crippen MR) is 116 cm³/mol. The number of ether oxygens (including phenoxy) is 1. The van der Waals surface area contributed by atoms with Crippen molar-refractivity contribution in [1.82, 2.24) is 0 Å². The molecule has 2 heterocycles. The molecule has 1 amide bonds. The fourth-order valence-corrected chi connectivity index (χ4v) is 4.26. The average Bonchev–Trinajstić information content (AvgIpc) is 3.05. The number of aliphatic carboxylic acids is 1. The van der Waals surface area contributed by atoms with Crippen molar-refractivity contribution in [2.75, 3.05) is 17.3 Å². The number of benzene rings is 2. The van der Waals surface area contributed by atoms with Crippen LogP contribution in [0.2, 0.25) is 0 Å². The topological polar surface area (TPSA) is 108 Å². The molecular formula is C23H21N3O5. The highest BCUT2D eigenvalue weighted by Crippen LogP contribution is 2.50. The Balaban J connectivity index is 1.84. The van der Waals surface area contributed by atoms with Crippen LogP contribution in [0.4, 0.5) is 11.4 Å². The number of nitrogens with one attached hydrogen (secondary N) is 1. The van der Waals surface area contributed by atoms with E-state index < -0.39 is 11.9 Å². The maximum Gasteiger partial charge on any atom is 0.307 e. The number of Topliss-reactive ketones (excluding diaryl/α,β-unsaturated/α-hetero) is 1. The molecule has 158 valence electrons. The lowest BCUT2D eigenvalue weighted by Gasteiger charge is -2.24. The van der Waals surface area contributed by atoms with Crippen LogP contribution in [0.25, 0.3) is 0 Å². The SMILES string of the molecule is COc1ccc(CN2C3=CN=CC(=O)C3c3c2ccc(CC(=O)O)c3NC=O)cc1C. The summed E-state index contributed by atoms with van der Waals surface area (Å²) in [7, 11) is 1.62. The van der Waals surface area contributed by atoms with Crippen molar-refractivity contribution >= 4 is 35.8 Å². The zero-order valence-electron chi connectivity index (χ0n) is 17.1. The van der Waals surface area contributed by atoms with Gasteiger partial charge in [0.2, 0.25) is 6.41 Å². The van der Waals surface area contributed by atoms with Crippen molar-refractivity contribution < 1.29 is 24.2 Å². The number of nitrogens with zero attached hydrogens (tertiary/aromatic N) is 2. The van der Waals surface area contributed by atoms with E-state index >= 15 is 0 Å². The summed E-state index contributed by atoms with van der Waals surface area (Å²) >= 11 is 0. The highest BCUT2D eigenvalue weighted by atomic mass is 16.5. The second kappa shape index (κ2) is 8.06. The molecule has 0 spiro atoms. The highest BCUT2D eigenvalue weighted by molar-refractivity contribution is 6.33. The summed E-state index contributed by atoms with van der Waals surface area (Å²) in [5.74, 6) is -1.10. The number of fused-ring (bicyclic) bond motifs is 3. The van der Waals surface area contributed by atoms with Gasteiger partial charge in [-0.2, -0.15) is 0 Å². The van der Waals surface area contributed by atoms with Crippen LogP contribution in [0.15, 0.2) is 47.2 Å². The maximum atomic E-state index is 12.8. The molecule has 2 aliphatic rings. The van der Waals surface area contributed by atoms with Crippen LogP contribution in [0.1, 0.15) is 28.2 Å². The maximum absolute atomic E-state index is 12.8. The number of carboxylic acids is 1. The lowest BCUT2D eigenvalue weighted by molar-refractivity contribution is -0.136. The number of allylic oxidation sites excluding steroid dienone is 1. The van der Waals surface area contributed by atoms with E-state index in [0.717, 1.165) is 22.6 Å². The molecule has 2 aromatic rings. The quantitative estimate of drug-likeness (QED) is 0.668. The predicted octanol–water partition coefficient (Wildman–Crippen LogP) is 2.80. The number of aliphatic imine (C=N–C) groups is 1. The molecule has 2 N–H and O–H groups in total. The van der Waals surface area contributed by atoms with Crippen molar-refractivity contribution in [3.8, 4) is 5.75 Å². The van der Waals surface area contributed by atoms with E-state index in [1.54, 1.807) is 25.4 Å². The molecule has 8 nitrogen and oxygen atoms in total. The number of hydrogen-bond donors (Lipinski definition) is 2. The molecule has 0 fully saturated rings. The van der Waals surface area contributed by atoms with E-state index in [2.05, 4.69) is 10.3 Å². The first kappa shape index (κ1) is 20.3. The minimum Gasteiger partial charge on any atom is -0.496 e. The largest absolute Gasteiger partial charge is 0.496 e. The van der Waals surface area contributed by atoms with Crippen LogP contribution >= 0.6 is 0 Å². The minimum atomic E-state index is -1.02. The van der Waals surface area contributed by atoms with Crippen molar-refractivity contribution in [1.29, 1.82) is 0 Å². The molecule has 2 aromatic carbocycles. The van der Waals surface area contributed by atoms with Crippen LogP contribution in [0.3, 0.4) is 0 Å². The third-order valence-electron chi connectivity index (χ3n) is 5.53. The fraction of sp³-hybridized carbons (Fsp3) is 0.217. The van der Waals surface area contributed by atoms with Gasteiger partial charge in [0.05, 0.1) is 37.0 Å². The first-order valence-corrected chi connectivity index (χ1v) is 9.70. The van der Waals surface area contributed by atoms with Gasteiger partial charge in [0, 0.05) is 24.0 Å². The second-order valence-electron chi connectivity index (χ2n) is 7.42. The molecule has 0 saturated heterocycles. The molecule has 8 heteroatoms. The Bertz CT molecular complexity index is 1150. The van der Waals surface area contributed by atoms with E-state index in [1.807, 2.05) is 30.0 Å². The highest BCUT2D eigenvalue weighted by Gasteiger charge is 2.41. The van der Waals surface area contributed by atoms with Gasteiger partial charge >= 0.3 is 5.97 Å². The summed E-state index contributed by atoms with van der Waals surface area (Å²) in [6.07, 6.45) is 3.13. The first-order chi connectivity index (χ1) is 14.9. The zero-order chi connectivity index (χ0) is 22.1. The van der Waals surface area contributed by atoms with Crippen molar-refractivity contribution in [2.24, 2.45) is 4.99 Å². The van der Waals surface area contributed by atoms with Crippen LogP contribution in [0, 0.1) is 6.92 Å². The molecule has 1 atom stereocenters. The van der Waals surface area contributed by atoms with Gasteiger partial charge in [-0.05, 0) is 35.7 Å². The summed E-state index contributed by atoms with van der Waals surface area (Å²) in [4.78, 5) is 41.5. The van der Waals surface area contributed by atoms with E-state index in [9.17, 15) is 19.5 Å². The van der Waals surface area contributed by atoms with Crippen molar-refractivity contribution in [3.63, 3.8) is 0 Å². The smallest absolute Gasteiger partial charge is 0.307 e. The molecule has 0 aromatic heterocycles. The Morgan fingerprint density at radius 1 is 1.32 bits per heavy atom. The number of aryl methyl sites for hydroxylation is 1. The van der Waals surface area contributed by atoms with Crippen molar-refractivity contribution in [2.45, 2.75) is 25.8 Å². The van der Waals surface area contributed by atoms with Gasteiger partial charge in [-0.3, -0.25) is 19.4 Å². The minimum absolute atomic E-state index is 0.214. The van der Waals surface area contributed by atoms with E-state index in [0.29, 0.717) is 35.5 Å². The molecule has 2 aliphatic heterocycles. The first-order valence-electron chi connectivity index (χ1n) is 9.70. The van der Waals surface area contributed by atoms with E-state index in [-0.39, 0.29) is 12.2 Å². The Hall–Kier alpha value is -3.94. The number of ketones is 1. The summed E-state index contributed by atoms with van der Waals surface area (Å²) in [5.41, 5.74) is 4.83. The Morgan fingerprint density at radius 2 is 2.13 bits per heavy atom. The number of methoxy groups -OCH3 is 1. The normalized spacial score (nSPS) is 16.5. The number of carbonyl (C=O) groups excluding carboxylic acids is 2. The number of anilines is 2. The Kier molecular flexibility index (Phi) is 5.29. The van der Waals surface area contributed by atoms with Crippen LogP contribution in [-0.4, -0.2) is 36.6 Å². The van der Waals surface area contributed by atoms with Gasteiger partial charge in [0.15, 0.2) is 5.78 Å². The van der Waals surface area contributed by atoms with Gasteiger partial charge in [0.1, 0.15) is 5.75 Å². The summed E-state index contributed by atoms with van der Waals surface area (Å²) in [6, 6.07) is 9.34. The second-order valence-corrected chi connectivity index (χ2v) is 7.42. The van der Waals surface area contributed by atoms with Crippen LogP contribution in [-0.2, 0) is 27.3 Å². The third kappa shape index (κ3) is 3.56. The summed E-state index contributed by atoms with van der Waals surface area (Å²) in [5, 5.41) is 11.9. The molecule has 0 saturated carbocycles. The molecule has 4 rings (SSSR count).